The van der Waals surface area contributed by atoms with Crippen LogP contribution in [-0.4, -0.2) is 40.3 Å². The molecule has 10 heteroatoms. The van der Waals surface area contributed by atoms with Gasteiger partial charge in [0.25, 0.3) is 5.09 Å². The summed E-state index contributed by atoms with van der Waals surface area (Å²) >= 11 is 0. The average Bonchev–Trinajstić information content (AvgIpc) is 2.59. The Kier molecular flexibility index (Phi) is 5.10. The highest BCUT2D eigenvalue weighted by molar-refractivity contribution is 5.77. The molecule has 0 spiro atoms. The lowest BCUT2D eigenvalue weighted by Crippen LogP contribution is -2.22. The van der Waals surface area contributed by atoms with Crippen molar-refractivity contribution in [1.82, 2.24) is 9.78 Å². The highest BCUT2D eigenvalue weighted by Crippen LogP contribution is 2.16. The third kappa shape index (κ3) is 4.13. The quantitative estimate of drug-likeness (QED) is 0.264. The van der Waals surface area contributed by atoms with Crippen molar-refractivity contribution in [3.05, 3.63) is 16.2 Å². The number of nitrogens with zero attached hydrogens (tertiary/aromatic N) is 3. The maximum atomic E-state index is 8.36. The number of nitrogens with one attached hydrogen (secondary N) is 1. The summed E-state index contributed by atoms with van der Waals surface area (Å²) in [5.74, 6) is 0.525. The number of methoxy groups -OCH3 is 2. The Morgan fingerprint density at radius 2 is 2.19 bits per heavy atom. The van der Waals surface area contributed by atoms with E-state index >= 15 is 0 Å². The van der Waals surface area contributed by atoms with Crippen LogP contribution in [0.3, 0.4) is 0 Å². The Morgan fingerprint density at radius 3 is 2.44 bits per heavy atom. The molecule has 4 N–H and O–H groups in total. The molecular weight excluding hydrogens is 222 g/mol. The summed E-state index contributed by atoms with van der Waals surface area (Å²) in [7, 11) is 2.95. The van der Waals surface area contributed by atoms with E-state index in [0.717, 1.165) is 4.68 Å². The lowest BCUT2D eigenvalue weighted by molar-refractivity contribution is -0.742. The Balaban J connectivity index is 0.000000487. The van der Waals surface area contributed by atoms with Gasteiger partial charge in [0.2, 0.25) is 17.7 Å². The molecule has 0 aliphatic heterocycles. The average molecular weight is 233 g/mol. The minimum absolute atomic E-state index is 0.213. The first-order valence-corrected chi connectivity index (χ1v) is 3.78. The summed E-state index contributed by atoms with van der Waals surface area (Å²) < 4.78 is 10.8. The molecule has 0 aliphatic carbocycles. The molecule has 10 nitrogen and oxygen atoms in total. The number of hydrogen-bond donors (Lipinski definition) is 3. The van der Waals surface area contributed by atoms with E-state index in [1.165, 1.54) is 14.2 Å². The minimum atomic E-state index is -1.50. The maximum Gasteiger partial charge on any atom is 0.291 e. The summed E-state index contributed by atoms with van der Waals surface area (Å²) in [6, 6.07) is 1.54. The van der Waals surface area contributed by atoms with Gasteiger partial charge in [0.15, 0.2) is 0 Å². The van der Waals surface area contributed by atoms with E-state index in [0.29, 0.717) is 11.8 Å². The van der Waals surface area contributed by atoms with Crippen LogP contribution < -0.4 is 15.2 Å². The number of aromatic nitrogens is 2. The van der Waals surface area contributed by atoms with E-state index < -0.39 is 5.09 Å². The fourth-order valence-electron chi connectivity index (χ4n) is 0.761. The summed E-state index contributed by atoms with van der Waals surface area (Å²) in [5.41, 5.74) is 5.21. The molecule has 0 radical (unpaired) electrons. The van der Waals surface area contributed by atoms with Gasteiger partial charge in [-0.25, -0.2) is 0 Å². The number of rotatable bonds is 2. The van der Waals surface area contributed by atoms with Crippen LogP contribution in [0.15, 0.2) is 6.07 Å². The Labute approximate surface area is 89.8 Å². The van der Waals surface area contributed by atoms with Gasteiger partial charge in [-0.2, -0.15) is 4.68 Å². The zero-order valence-corrected chi connectivity index (χ0v) is 8.58. The highest BCUT2D eigenvalue weighted by atomic mass is 16.9. The van der Waals surface area contributed by atoms with Crippen molar-refractivity contribution in [3.8, 4) is 11.8 Å². The fourth-order valence-corrected chi connectivity index (χ4v) is 0.761. The van der Waals surface area contributed by atoms with Crippen LogP contribution in [0.25, 0.3) is 0 Å². The van der Waals surface area contributed by atoms with E-state index in [4.69, 9.17) is 35.9 Å². The van der Waals surface area contributed by atoms with Gasteiger partial charge in [-0.05, 0) is 0 Å². The first-order chi connectivity index (χ1) is 7.42. The minimum Gasteiger partial charge on any atom is -0.481 e. The van der Waals surface area contributed by atoms with Crippen LogP contribution in [0.4, 0.5) is 0 Å². The molecule has 90 valence electrons. The lowest BCUT2D eigenvalue weighted by Gasteiger charge is -2.00. The van der Waals surface area contributed by atoms with E-state index in [1.807, 2.05) is 0 Å². The summed E-state index contributed by atoms with van der Waals surface area (Å²) in [4.78, 5) is 8.36. The van der Waals surface area contributed by atoms with Crippen molar-refractivity contribution < 1.29 is 19.8 Å². The van der Waals surface area contributed by atoms with Crippen LogP contribution >= 0.6 is 0 Å². The second-order valence-electron chi connectivity index (χ2n) is 2.26. The van der Waals surface area contributed by atoms with Crippen molar-refractivity contribution in [2.24, 2.45) is 5.73 Å². The van der Waals surface area contributed by atoms with Crippen molar-refractivity contribution in [3.63, 3.8) is 0 Å². The number of ether oxygens (including phenoxy) is 2. The topological polar surface area (TPSA) is 150 Å². The Hall–Kier alpha value is -2.52. The van der Waals surface area contributed by atoms with Gasteiger partial charge in [0.05, 0.1) is 20.3 Å². The SMILES string of the molecule is COc1cc(OC)n(C(=N)N)n1.O=[N+]([O-])O. The van der Waals surface area contributed by atoms with Crippen LogP contribution in [0, 0.1) is 15.5 Å². The third-order valence-corrected chi connectivity index (χ3v) is 1.30. The fraction of sp³-hybridized carbons (Fsp3) is 0.333. The Morgan fingerprint density at radius 1 is 1.69 bits per heavy atom. The zero-order chi connectivity index (χ0) is 12.7. The van der Waals surface area contributed by atoms with Gasteiger partial charge in [-0.3, -0.25) is 5.41 Å². The second-order valence-corrected chi connectivity index (χ2v) is 2.26. The molecule has 0 atom stereocenters. The summed E-state index contributed by atoms with van der Waals surface area (Å²) in [5, 5.41) is 24.6. The molecular formula is C6H11N5O5. The maximum absolute atomic E-state index is 8.36. The van der Waals surface area contributed by atoms with Crippen LogP contribution in [0.2, 0.25) is 0 Å². The zero-order valence-electron chi connectivity index (χ0n) is 8.58. The molecule has 0 unspecified atom stereocenters. The molecule has 16 heavy (non-hydrogen) atoms. The van der Waals surface area contributed by atoms with Gasteiger partial charge in [0.1, 0.15) is 0 Å². The molecule has 0 saturated carbocycles. The Bertz CT molecular complexity index is 371. The molecule has 0 fully saturated rings. The molecule has 0 aromatic carbocycles. The molecule has 0 aliphatic rings. The molecule has 1 rings (SSSR count). The predicted octanol–water partition coefficient (Wildman–Crippen LogP) is -0.706. The van der Waals surface area contributed by atoms with E-state index in [2.05, 4.69) is 5.10 Å². The van der Waals surface area contributed by atoms with Gasteiger partial charge >= 0.3 is 0 Å². The van der Waals surface area contributed by atoms with E-state index in [9.17, 15) is 0 Å². The van der Waals surface area contributed by atoms with Crippen molar-refractivity contribution in [1.29, 1.82) is 5.41 Å². The van der Waals surface area contributed by atoms with Crippen molar-refractivity contribution >= 4 is 5.96 Å². The highest BCUT2D eigenvalue weighted by Gasteiger charge is 2.09. The van der Waals surface area contributed by atoms with Crippen LogP contribution in [0.1, 0.15) is 0 Å². The number of nitrogen functional groups attached to an aromatic ring is 1. The van der Waals surface area contributed by atoms with Crippen LogP contribution in [-0.2, 0) is 0 Å². The number of hydrogen-bond acceptors (Lipinski definition) is 6. The van der Waals surface area contributed by atoms with E-state index in [-0.39, 0.29) is 5.96 Å². The molecule has 1 aromatic heterocycles. The molecule has 1 heterocycles. The normalized spacial score (nSPS) is 8.62. The van der Waals surface area contributed by atoms with Gasteiger partial charge in [-0.15, -0.1) is 15.2 Å². The summed E-state index contributed by atoms with van der Waals surface area (Å²) in [6.45, 7) is 0. The summed E-state index contributed by atoms with van der Waals surface area (Å²) in [6.07, 6.45) is 0. The van der Waals surface area contributed by atoms with Crippen molar-refractivity contribution in [2.75, 3.05) is 14.2 Å². The smallest absolute Gasteiger partial charge is 0.291 e. The molecule has 0 bridgehead atoms. The first-order valence-electron chi connectivity index (χ1n) is 3.78. The van der Waals surface area contributed by atoms with Gasteiger partial charge in [-0.1, -0.05) is 0 Å². The monoisotopic (exact) mass is 233 g/mol. The molecule has 1 aromatic rings. The number of nitrogens with two attached hydrogens (primary N) is 1. The van der Waals surface area contributed by atoms with E-state index in [1.54, 1.807) is 6.07 Å². The first kappa shape index (κ1) is 13.5. The van der Waals surface area contributed by atoms with Crippen LogP contribution in [0.5, 0.6) is 11.8 Å². The largest absolute Gasteiger partial charge is 0.481 e. The van der Waals surface area contributed by atoms with Gasteiger partial charge in [0, 0.05) is 0 Å². The molecule has 0 saturated heterocycles. The molecule has 0 amide bonds. The second kappa shape index (κ2) is 6.06. The standard InChI is InChI=1S/C6H10N4O2.HNO3/c1-11-4-3-5(12-2)10(9-4)6(7)8;2-1(3)4/h3H,1-2H3,(H3,7,8);(H,2,3,4). The third-order valence-electron chi connectivity index (χ3n) is 1.30. The lowest BCUT2D eigenvalue weighted by atomic mass is 10.6. The predicted molar refractivity (Wildman–Crippen MR) is 51.4 cm³/mol. The van der Waals surface area contributed by atoms with Gasteiger partial charge < -0.3 is 20.4 Å². The van der Waals surface area contributed by atoms with Crippen molar-refractivity contribution in [2.45, 2.75) is 0 Å².